The molecule has 2 saturated carbocycles. The predicted octanol–water partition coefficient (Wildman–Crippen LogP) is 2.47. The molecule has 1 aromatic carbocycles. The molecule has 6 atom stereocenters. The SMILES string of the molecule is CCC(NC(=O)[C@@H]1[C@@H]2[C@H](CN1C(=O)[C@@H](NC(=O)OC(C)(C)C)C1CCCCC1)C2(C)C)C(=O)C(=O)NCC(=O)NC(C(=O)N(C)C)c1ccccc1. The van der Waals surface area contributed by atoms with Crippen molar-refractivity contribution in [2.24, 2.45) is 23.2 Å². The van der Waals surface area contributed by atoms with E-state index in [2.05, 4.69) is 21.3 Å². The van der Waals surface area contributed by atoms with Crippen molar-refractivity contribution < 1.29 is 38.3 Å². The fourth-order valence-electron chi connectivity index (χ4n) is 7.69. The molecule has 2 aliphatic carbocycles. The Morgan fingerprint density at radius 3 is 2.15 bits per heavy atom. The Morgan fingerprint density at radius 1 is 0.942 bits per heavy atom. The molecule has 1 heterocycles. The van der Waals surface area contributed by atoms with Gasteiger partial charge >= 0.3 is 6.09 Å². The number of hydrogen-bond donors (Lipinski definition) is 4. The van der Waals surface area contributed by atoms with E-state index in [0.717, 1.165) is 32.1 Å². The first kappa shape index (κ1) is 40.3. The van der Waals surface area contributed by atoms with Gasteiger partial charge in [0.1, 0.15) is 23.7 Å². The third-order valence-corrected chi connectivity index (χ3v) is 10.6. The number of carbonyl (C=O) groups excluding carboxylic acids is 7. The number of likely N-dealkylation sites (tertiary alicyclic amines) is 1. The second-order valence-corrected chi connectivity index (χ2v) is 16.1. The zero-order valence-electron chi connectivity index (χ0n) is 31.7. The summed E-state index contributed by atoms with van der Waals surface area (Å²) in [5, 5.41) is 10.5. The summed E-state index contributed by atoms with van der Waals surface area (Å²) in [5.41, 5.74) is -0.434. The molecule has 0 aromatic heterocycles. The van der Waals surface area contributed by atoms with Crippen molar-refractivity contribution in [3.05, 3.63) is 35.9 Å². The van der Waals surface area contributed by atoms with Crippen molar-refractivity contribution in [3.63, 3.8) is 0 Å². The highest BCUT2D eigenvalue weighted by Gasteiger charge is 2.69. The van der Waals surface area contributed by atoms with Crippen molar-refractivity contribution >= 4 is 41.4 Å². The highest BCUT2D eigenvalue weighted by atomic mass is 16.6. The van der Waals surface area contributed by atoms with Crippen LogP contribution in [0.25, 0.3) is 0 Å². The maximum absolute atomic E-state index is 14.3. The number of alkyl carbamates (subject to hydrolysis) is 1. The smallest absolute Gasteiger partial charge is 0.408 e. The monoisotopic (exact) mass is 724 g/mol. The fourth-order valence-corrected chi connectivity index (χ4v) is 7.69. The van der Waals surface area contributed by atoms with Crippen LogP contribution in [0, 0.1) is 23.2 Å². The van der Waals surface area contributed by atoms with Gasteiger partial charge in [0.2, 0.25) is 29.4 Å². The molecule has 1 aliphatic heterocycles. The van der Waals surface area contributed by atoms with Crippen LogP contribution in [0.3, 0.4) is 0 Å². The van der Waals surface area contributed by atoms with E-state index in [1.165, 1.54) is 9.80 Å². The summed E-state index contributed by atoms with van der Waals surface area (Å²) in [6.45, 7) is 10.7. The number of fused-ring (bicyclic) bond motifs is 1. The number of nitrogens with one attached hydrogen (secondary N) is 4. The summed E-state index contributed by atoms with van der Waals surface area (Å²) < 4.78 is 5.50. The number of ketones is 1. The molecule has 14 nitrogen and oxygen atoms in total. The van der Waals surface area contributed by atoms with E-state index in [4.69, 9.17) is 4.74 Å². The number of ether oxygens (including phenoxy) is 1. The molecule has 3 fully saturated rings. The molecule has 2 unspecified atom stereocenters. The normalized spacial score (nSPS) is 22.5. The van der Waals surface area contributed by atoms with E-state index in [-0.39, 0.29) is 41.4 Å². The van der Waals surface area contributed by atoms with Crippen LogP contribution in [0.5, 0.6) is 0 Å². The van der Waals surface area contributed by atoms with Crippen molar-refractivity contribution in [1.82, 2.24) is 31.1 Å². The lowest BCUT2D eigenvalue weighted by Gasteiger charge is -2.37. The van der Waals surface area contributed by atoms with Crippen LogP contribution in [0.15, 0.2) is 30.3 Å². The number of carbonyl (C=O) groups is 7. The molecule has 3 aliphatic rings. The minimum absolute atomic E-state index is 0.0532. The number of benzene rings is 1. The number of amides is 6. The Bertz CT molecular complexity index is 1520. The molecule has 286 valence electrons. The molecule has 1 aromatic rings. The van der Waals surface area contributed by atoms with Gasteiger partial charge in [-0.3, -0.25) is 28.8 Å². The Kier molecular flexibility index (Phi) is 12.7. The number of likely N-dealkylation sites (N-methyl/N-ethyl adjacent to an activating group) is 1. The molecule has 4 N–H and O–H groups in total. The number of rotatable bonds is 13. The van der Waals surface area contributed by atoms with Crippen LogP contribution >= 0.6 is 0 Å². The lowest BCUT2D eigenvalue weighted by Crippen LogP contribution is -2.60. The topological polar surface area (TPSA) is 183 Å². The second-order valence-electron chi connectivity index (χ2n) is 16.1. The first-order chi connectivity index (χ1) is 24.4. The van der Waals surface area contributed by atoms with Gasteiger partial charge in [-0.25, -0.2) is 4.79 Å². The second kappa shape index (κ2) is 16.5. The first-order valence-electron chi connectivity index (χ1n) is 18.3. The predicted molar refractivity (Wildman–Crippen MR) is 192 cm³/mol. The van der Waals surface area contributed by atoms with Gasteiger partial charge in [-0.1, -0.05) is 70.4 Å². The summed E-state index contributed by atoms with van der Waals surface area (Å²) in [7, 11) is 3.12. The van der Waals surface area contributed by atoms with Crippen molar-refractivity contribution in [2.75, 3.05) is 27.2 Å². The summed E-state index contributed by atoms with van der Waals surface area (Å²) >= 11 is 0. The summed E-state index contributed by atoms with van der Waals surface area (Å²) in [6, 6.07) is 4.65. The van der Waals surface area contributed by atoms with Gasteiger partial charge < -0.3 is 35.8 Å². The van der Waals surface area contributed by atoms with E-state index in [0.29, 0.717) is 12.1 Å². The molecule has 6 amide bonds. The van der Waals surface area contributed by atoms with E-state index >= 15 is 0 Å². The number of piperidine rings is 1. The van der Waals surface area contributed by atoms with Crippen LogP contribution in [-0.4, -0.2) is 102 Å². The molecule has 4 rings (SSSR count). The standard InChI is InChI=1S/C38H56N6O8/c1-9-25(31(46)33(48)39-20-26(45)41-28(34(49)43(7)8)22-16-12-10-13-17-22)40-32(47)30-27-24(38(27,5)6)21-44(30)35(50)29(23-18-14-11-15-19-23)42-36(51)52-37(2,3)4/h10,12-13,16-17,23-25,27-30H,9,11,14-15,18-21H2,1-8H3,(H,39,48)(H,40,47)(H,41,45)(H,42,51)/t24-,25?,27-,28?,29-,30-/m0/s1. The van der Waals surface area contributed by atoms with Crippen molar-refractivity contribution in [1.29, 1.82) is 0 Å². The van der Waals surface area contributed by atoms with Crippen LogP contribution in [-0.2, 0) is 33.5 Å². The largest absolute Gasteiger partial charge is 0.444 e. The molecular weight excluding hydrogens is 668 g/mol. The van der Waals surface area contributed by atoms with E-state index in [9.17, 15) is 33.6 Å². The van der Waals surface area contributed by atoms with Crippen LogP contribution in [0.2, 0.25) is 0 Å². The van der Waals surface area contributed by atoms with Crippen molar-refractivity contribution in [2.45, 2.75) is 110 Å². The van der Waals surface area contributed by atoms with Gasteiger partial charge in [-0.05, 0) is 68.8 Å². The van der Waals surface area contributed by atoms with Crippen LogP contribution in [0.4, 0.5) is 4.79 Å². The summed E-state index contributed by atoms with van der Waals surface area (Å²) in [5.74, 6) is -4.21. The molecular formula is C38H56N6O8. The van der Waals surface area contributed by atoms with E-state index in [1.54, 1.807) is 72.1 Å². The fraction of sp³-hybridized carbons (Fsp3) is 0.658. The molecule has 14 heteroatoms. The number of hydrogen-bond acceptors (Lipinski definition) is 8. The third kappa shape index (κ3) is 9.48. The van der Waals surface area contributed by atoms with Gasteiger partial charge in [0, 0.05) is 20.6 Å². The van der Waals surface area contributed by atoms with Crippen LogP contribution in [0.1, 0.15) is 91.7 Å². The summed E-state index contributed by atoms with van der Waals surface area (Å²) in [6.07, 6.45) is 3.81. The molecule has 0 radical (unpaired) electrons. The Labute approximate surface area is 306 Å². The summed E-state index contributed by atoms with van der Waals surface area (Å²) in [4.78, 5) is 96.0. The Morgan fingerprint density at radius 2 is 1.58 bits per heavy atom. The maximum atomic E-state index is 14.3. The van der Waals surface area contributed by atoms with Gasteiger partial charge in [0.25, 0.3) is 5.91 Å². The Hall–Kier alpha value is -4.49. The van der Waals surface area contributed by atoms with E-state index < -0.39 is 65.9 Å². The highest BCUT2D eigenvalue weighted by molar-refractivity contribution is 6.38. The molecule has 1 saturated heterocycles. The maximum Gasteiger partial charge on any atom is 0.408 e. The lowest BCUT2D eigenvalue weighted by molar-refractivity contribution is -0.145. The number of Topliss-reactive ketones (excluding diaryl/α,β-unsaturated/α-hetero) is 1. The highest BCUT2D eigenvalue weighted by Crippen LogP contribution is 2.65. The zero-order chi connectivity index (χ0) is 38.5. The van der Waals surface area contributed by atoms with Gasteiger partial charge in [-0.2, -0.15) is 0 Å². The van der Waals surface area contributed by atoms with E-state index in [1.807, 2.05) is 13.8 Å². The average molecular weight is 725 g/mol. The quantitative estimate of drug-likeness (QED) is 0.224. The minimum atomic E-state index is -1.21. The molecule has 0 bridgehead atoms. The van der Waals surface area contributed by atoms with Gasteiger partial charge in [-0.15, -0.1) is 0 Å². The third-order valence-electron chi connectivity index (χ3n) is 10.6. The Balaban J connectivity index is 1.43. The van der Waals surface area contributed by atoms with Crippen LogP contribution < -0.4 is 21.3 Å². The van der Waals surface area contributed by atoms with Gasteiger partial charge in [0.05, 0.1) is 12.6 Å². The average Bonchev–Trinajstić information content (AvgIpc) is 3.39. The minimum Gasteiger partial charge on any atom is -0.444 e. The molecule has 52 heavy (non-hydrogen) atoms. The number of nitrogens with zero attached hydrogens (tertiary/aromatic N) is 2. The first-order valence-corrected chi connectivity index (χ1v) is 18.3. The van der Waals surface area contributed by atoms with Gasteiger partial charge in [0.15, 0.2) is 0 Å². The molecule has 0 spiro atoms. The lowest BCUT2D eigenvalue weighted by atomic mass is 9.83. The van der Waals surface area contributed by atoms with Crippen molar-refractivity contribution in [3.8, 4) is 0 Å². The zero-order valence-corrected chi connectivity index (χ0v) is 31.7.